The fraction of sp³-hybridized carbons (Fsp3) is 0.706. The summed E-state index contributed by atoms with van der Waals surface area (Å²) in [5.41, 5.74) is 1.86. The Balaban J connectivity index is 0.000000956. The maximum Gasteiger partial charge on any atom is 0.125 e. The van der Waals surface area contributed by atoms with Gasteiger partial charge in [0.05, 0.1) is 24.5 Å². The van der Waals surface area contributed by atoms with Crippen LogP contribution in [0.25, 0.3) is 10.8 Å². The molecule has 5 heteroatoms. The Kier molecular flexibility index (Phi) is 19.5. The van der Waals surface area contributed by atoms with Crippen LogP contribution in [0.2, 0.25) is 0 Å². The topological polar surface area (TPSA) is 61.6 Å². The van der Waals surface area contributed by atoms with Crippen molar-refractivity contribution < 1.29 is 17.9 Å². The minimum atomic E-state index is -4.53. The van der Waals surface area contributed by atoms with Crippen molar-refractivity contribution in [2.24, 2.45) is 0 Å². The highest BCUT2D eigenvalue weighted by molar-refractivity contribution is 7.86. The van der Waals surface area contributed by atoms with Gasteiger partial charge in [0, 0.05) is 0 Å². The first-order chi connectivity index (χ1) is 18.8. The average Bonchev–Trinajstić information content (AvgIpc) is 2.92. The fourth-order valence-electron chi connectivity index (χ4n) is 5.48. The van der Waals surface area contributed by atoms with Crippen LogP contribution in [0.5, 0.6) is 0 Å². The van der Waals surface area contributed by atoms with Crippen molar-refractivity contribution in [1.82, 2.24) is 0 Å². The molecule has 0 saturated heterocycles. The summed E-state index contributed by atoms with van der Waals surface area (Å²) >= 11 is 0. The minimum absolute atomic E-state index is 0.0412. The molecule has 2 aromatic rings. The maximum absolute atomic E-state index is 12.3. The van der Waals surface area contributed by atoms with Gasteiger partial charge in [-0.3, -0.25) is 0 Å². The number of unbranched alkanes of at least 4 members (excludes halogenated alkanes) is 12. The van der Waals surface area contributed by atoms with Crippen LogP contribution in [0, 0.1) is 0 Å². The van der Waals surface area contributed by atoms with Crippen molar-refractivity contribution >= 4 is 20.9 Å². The van der Waals surface area contributed by atoms with Crippen molar-refractivity contribution in [3.63, 3.8) is 0 Å². The summed E-state index contributed by atoms with van der Waals surface area (Å²) in [5, 5.41) is 1.45. The zero-order valence-electron chi connectivity index (χ0n) is 26.0. The molecule has 0 heterocycles. The molecule has 1 N–H and O–H groups in total. The zero-order valence-corrected chi connectivity index (χ0v) is 26.8. The molecule has 0 unspecified atom stereocenters. The van der Waals surface area contributed by atoms with Crippen LogP contribution in [0.1, 0.15) is 136 Å². The first-order valence-electron chi connectivity index (χ1n) is 16.2. The first kappa shape index (κ1) is 35.6. The van der Waals surface area contributed by atoms with E-state index in [1.165, 1.54) is 83.8 Å². The lowest BCUT2D eigenvalue weighted by molar-refractivity contribution is -0.894. The Bertz CT molecular complexity index is 993. The van der Waals surface area contributed by atoms with E-state index in [0.29, 0.717) is 11.8 Å². The van der Waals surface area contributed by atoms with Crippen LogP contribution in [0.3, 0.4) is 0 Å². The SMILES string of the molecule is CCCCCCCCCc1cc2ccccc2c(S(=O)(=O)[O-])c1CCCCCCCCC.CC[NH+](CC)CC. The van der Waals surface area contributed by atoms with Crippen LogP contribution < -0.4 is 4.90 Å². The number of hydrogen-bond donors (Lipinski definition) is 1. The van der Waals surface area contributed by atoms with E-state index in [4.69, 9.17) is 0 Å². The van der Waals surface area contributed by atoms with Gasteiger partial charge in [0.25, 0.3) is 0 Å². The standard InChI is InChI=1S/C28H44O3S.C6H15N/c1-3-5-7-9-11-13-15-19-24-23-25-20-17-18-22-27(25)28(32(29,30)31)26(24)21-16-14-12-10-8-6-4-2;1-4-7(5-2)6-3/h17-18,20,22-23H,3-16,19,21H2,1-2H3,(H,29,30,31);4-6H2,1-3H3. The van der Waals surface area contributed by atoms with Gasteiger partial charge in [0.2, 0.25) is 0 Å². The van der Waals surface area contributed by atoms with Gasteiger partial charge in [-0.25, -0.2) is 8.42 Å². The van der Waals surface area contributed by atoms with Gasteiger partial charge >= 0.3 is 0 Å². The predicted molar refractivity (Wildman–Crippen MR) is 168 cm³/mol. The molecule has 0 amide bonds. The van der Waals surface area contributed by atoms with Crippen LogP contribution in [-0.2, 0) is 23.0 Å². The van der Waals surface area contributed by atoms with E-state index in [1.54, 1.807) is 11.0 Å². The second-order valence-corrected chi connectivity index (χ2v) is 12.4. The molecular formula is C34H59NO3S. The van der Waals surface area contributed by atoms with E-state index in [9.17, 15) is 13.0 Å². The number of nitrogens with one attached hydrogen (secondary N) is 1. The Hall–Kier alpha value is -1.43. The Morgan fingerprint density at radius 1 is 0.641 bits per heavy atom. The van der Waals surface area contributed by atoms with Gasteiger partial charge in [-0.05, 0) is 68.4 Å². The average molecular weight is 562 g/mol. The summed E-state index contributed by atoms with van der Waals surface area (Å²) in [5.74, 6) is 0. The molecule has 0 atom stereocenters. The van der Waals surface area contributed by atoms with Crippen LogP contribution in [0.4, 0.5) is 0 Å². The zero-order chi connectivity index (χ0) is 28.9. The van der Waals surface area contributed by atoms with E-state index in [1.807, 2.05) is 18.2 Å². The van der Waals surface area contributed by atoms with Crippen LogP contribution in [0.15, 0.2) is 35.2 Å². The molecule has 0 spiro atoms. The molecule has 224 valence electrons. The molecule has 0 radical (unpaired) electrons. The third kappa shape index (κ3) is 14.2. The number of fused-ring (bicyclic) bond motifs is 1. The summed E-state index contributed by atoms with van der Waals surface area (Å²) in [6.45, 7) is 14.9. The van der Waals surface area contributed by atoms with Crippen molar-refractivity contribution in [2.45, 2.75) is 142 Å². The van der Waals surface area contributed by atoms with Crippen molar-refractivity contribution in [1.29, 1.82) is 0 Å². The van der Waals surface area contributed by atoms with E-state index in [2.05, 4.69) is 40.7 Å². The molecule has 0 aliphatic rings. The van der Waals surface area contributed by atoms with Crippen molar-refractivity contribution in [2.75, 3.05) is 19.6 Å². The summed E-state index contributed by atoms with van der Waals surface area (Å²) in [6, 6.07) is 9.58. The summed E-state index contributed by atoms with van der Waals surface area (Å²) < 4.78 is 37.0. The summed E-state index contributed by atoms with van der Waals surface area (Å²) in [6.07, 6.45) is 18.4. The molecular weight excluding hydrogens is 502 g/mol. The molecule has 4 nitrogen and oxygen atoms in total. The first-order valence-corrected chi connectivity index (χ1v) is 17.6. The summed E-state index contributed by atoms with van der Waals surface area (Å²) in [4.78, 5) is 1.72. The highest BCUT2D eigenvalue weighted by Crippen LogP contribution is 2.32. The maximum atomic E-state index is 12.3. The molecule has 0 bridgehead atoms. The number of benzene rings is 2. The van der Waals surface area contributed by atoms with Gasteiger partial charge < -0.3 is 9.45 Å². The molecule has 2 aromatic carbocycles. The number of rotatable bonds is 20. The van der Waals surface area contributed by atoms with Crippen LogP contribution >= 0.6 is 0 Å². The van der Waals surface area contributed by atoms with Gasteiger partial charge in [-0.15, -0.1) is 0 Å². The largest absolute Gasteiger partial charge is 0.744 e. The lowest BCUT2D eigenvalue weighted by Crippen LogP contribution is -3.11. The quantitative estimate of drug-likeness (QED) is 0.131. The lowest BCUT2D eigenvalue weighted by atomic mass is 9.93. The molecule has 39 heavy (non-hydrogen) atoms. The Labute approximate surface area is 241 Å². The Morgan fingerprint density at radius 3 is 1.56 bits per heavy atom. The second kappa shape index (κ2) is 21.3. The number of quaternary nitrogens is 1. The lowest BCUT2D eigenvalue weighted by Gasteiger charge is -2.20. The predicted octanol–water partition coefficient (Wildman–Crippen LogP) is 8.26. The van der Waals surface area contributed by atoms with Crippen LogP contribution in [-0.4, -0.2) is 32.6 Å². The van der Waals surface area contributed by atoms with Gasteiger partial charge in [0.1, 0.15) is 10.1 Å². The molecule has 0 aliphatic carbocycles. The third-order valence-corrected chi connectivity index (χ3v) is 8.99. The molecule has 0 aliphatic heterocycles. The third-order valence-electron chi connectivity index (χ3n) is 8.03. The van der Waals surface area contributed by atoms with E-state index >= 15 is 0 Å². The normalized spacial score (nSPS) is 11.7. The Morgan fingerprint density at radius 2 is 1.10 bits per heavy atom. The van der Waals surface area contributed by atoms with Gasteiger partial charge in [-0.2, -0.15) is 0 Å². The van der Waals surface area contributed by atoms with Crippen molar-refractivity contribution in [3.05, 3.63) is 41.5 Å². The second-order valence-electron chi connectivity index (χ2n) is 11.1. The highest BCUT2D eigenvalue weighted by Gasteiger charge is 2.18. The molecule has 0 saturated carbocycles. The van der Waals surface area contributed by atoms with E-state index in [0.717, 1.165) is 48.6 Å². The monoisotopic (exact) mass is 561 g/mol. The summed E-state index contributed by atoms with van der Waals surface area (Å²) in [7, 11) is -4.53. The number of hydrogen-bond acceptors (Lipinski definition) is 3. The van der Waals surface area contributed by atoms with Gasteiger partial charge in [0.15, 0.2) is 0 Å². The van der Waals surface area contributed by atoms with E-state index < -0.39 is 10.1 Å². The molecule has 0 fully saturated rings. The van der Waals surface area contributed by atoms with E-state index in [-0.39, 0.29) is 4.90 Å². The van der Waals surface area contributed by atoms with Crippen molar-refractivity contribution in [3.8, 4) is 0 Å². The van der Waals surface area contributed by atoms with Gasteiger partial charge in [-0.1, -0.05) is 121 Å². The minimum Gasteiger partial charge on any atom is -0.744 e. The highest BCUT2D eigenvalue weighted by atomic mass is 32.2. The molecule has 0 aromatic heterocycles. The molecule has 2 rings (SSSR count). The fourth-order valence-corrected chi connectivity index (χ4v) is 6.47. The number of aryl methyl sites for hydroxylation is 1. The smallest absolute Gasteiger partial charge is 0.125 e.